The molecular weight excluding hydrogens is 308 g/mol. The van der Waals surface area contributed by atoms with E-state index in [-0.39, 0.29) is 0 Å². The summed E-state index contributed by atoms with van der Waals surface area (Å²) in [6.07, 6.45) is 4.21. The van der Waals surface area contributed by atoms with Gasteiger partial charge in [0.2, 0.25) is 0 Å². The minimum Gasteiger partial charge on any atom is -0.467 e. The van der Waals surface area contributed by atoms with E-state index in [2.05, 4.69) is 36.1 Å². The van der Waals surface area contributed by atoms with Gasteiger partial charge in [-0.05, 0) is 32.0 Å². The number of nitrogens with zero attached hydrogens (tertiary/aromatic N) is 3. The van der Waals surface area contributed by atoms with Gasteiger partial charge in [-0.2, -0.15) is 4.98 Å². The monoisotopic (exact) mass is 326 g/mol. The Morgan fingerprint density at radius 1 is 1.47 bits per heavy atom. The number of piperidine rings is 1. The summed E-state index contributed by atoms with van der Waals surface area (Å²) in [5, 5.41) is 3.44. The van der Waals surface area contributed by atoms with Gasteiger partial charge in [-0.3, -0.25) is 0 Å². The molecule has 104 valence electrons. The van der Waals surface area contributed by atoms with E-state index >= 15 is 0 Å². The topological polar surface area (TPSA) is 50.3 Å². The average Bonchev–Trinajstić information content (AvgIpc) is 2.77. The summed E-state index contributed by atoms with van der Waals surface area (Å²) in [5.41, 5.74) is 0.378. The van der Waals surface area contributed by atoms with Gasteiger partial charge < -0.3 is 15.0 Å². The Labute approximate surface area is 121 Å². The normalized spacial score (nSPS) is 25.8. The summed E-state index contributed by atoms with van der Waals surface area (Å²) < 4.78 is 5.11. The fourth-order valence-electron chi connectivity index (χ4n) is 3.11. The van der Waals surface area contributed by atoms with Gasteiger partial charge in [0, 0.05) is 29.5 Å². The highest BCUT2D eigenvalue weighted by Gasteiger charge is 2.46. The SMILES string of the molecule is COc1nccc(N2CC(Br)C3(CCNCC3)C2)n1. The second-order valence-corrected chi connectivity index (χ2v) is 6.47. The number of halogens is 1. The number of rotatable bonds is 2. The first-order valence-electron chi connectivity index (χ1n) is 6.70. The molecule has 2 saturated heterocycles. The molecule has 3 rings (SSSR count). The largest absolute Gasteiger partial charge is 0.467 e. The number of aromatic nitrogens is 2. The molecule has 1 spiro atoms. The van der Waals surface area contributed by atoms with Crippen molar-refractivity contribution >= 4 is 21.7 Å². The van der Waals surface area contributed by atoms with Crippen molar-refractivity contribution in [3.05, 3.63) is 12.3 Å². The fourth-order valence-corrected chi connectivity index (χ4v) is 4.06. The minimum absolute atomic E-state index is 0.378. The van der Waals surface area contributed by atoms with Crippen molar-refractivity contribution < 1.29 is 4.74 Å². The van der Waals surface area contributed by atoms with Gasteiger partial charge in [0.25, 0.3) is 0 Å². The first kappa shape index (κ1) is 13.1. The van der Waals surface area contributed by atoms with Gasteiger partial charge in [-0.1, -0.05) is 15.9 Å². The lowest BCUT2D eigenvalue weighted by Gasteiger charge is -2.36. The second kappa shape index (κ2) is 5.25. The molecule has 5 nitrogen and oxygen atoms in total. The Kier molecular flexibility index (Phi) is 3.62. The lowest BCUT2D eigenvalue weighted by Crippen LogP contribution is -2.42. The summed E-state index contributed by atoms with van der Waals surface area (Å²) in [4.78, 5) is 11.4. The van der Waals surface area contributed by atoms with Crippen LogP contribution in [-0.4, -0.2) is 48.1 Å². The van der Waals surface area contributed by atoms with Crippen LogP contribution in [0.1, 0.15) is 12.8 Å². The highest BCUT2D eigenvalue weighted by molar-refractivity contribution is 9.09. The van der Waals surface area contributed by atoms with E-state index in [9.17, 15) is 0 Å². The quantitative estimate of drug-likeness (QED) is 0.833. The molecule has 2 fully saturated rings. The fraction of sp³-hybridized carbons (Fsp3) is 0.692. The summed E-state index contributed by atoms with van der Waals surface area (Å²) in [5.74, 6) is 0.965. The van der Waals surface area contributed by atoms with E-state index in [4.69, 9.17) is 4.74 Å². The van der Waals surface area contributed by atoms with Crippen LogP contribution in [0.3, 0.4) is 0 Å². The number of alkyl halides is 1. The van der Waals surface area contributed by atoms with Gasteiger partial charge in [-0.15, -0.1) is 0 Å². The Morgan fingerprint density at radius 3 is 3.00 bits per heavy atom. The average molecular weight is 327 g/mol. The van der Waals surface area contributed by atoms with Crippen LogP contribution in [-0.2, 0) is 0 Å². The molecule has 0 amide bonds. The van der Waals surface area contributed by atoms with Gasteiger partial charge in [-0.25, -0.2) is 4.98 Å². The highest BCUT2D eigenvalue weighted by Crippen LogP contribution is 2.43. The number of nitrogens with one attached hydrogen (secondary N) is 1. The Morgan fingerprint density at radius 2 is 2.26 bits per heavy atom. The lowest BCUT2D eigenvalue weighted by molar-refractivity contribution is 0.242. The smallest absolute Gasteiger partial charge is 0.318 e. The standard InChI is InChI=1S/C13H19BrN4O/c1-19-12-16-5-2-11(17-12)18-8-10(14)13(9-18)3-6-15-7-4-13/h2,5,10,15H,3-4,6-9H2,1H3. The van der Waals surface area contributed by atoms with Crippen LogP contribution in [0.5, 0.6) is 6.01 Å². The number of anilines is 1. The molecule has 0 radical (unpaired) electrons. The van der Waals surface area contributed by atoms with Crippen molar-refractivity contribution in [1.29, 1.82) is 0 Å². The molecule has 19 heavy (non-hydrogen) atoms. The predicted molar refractivity (Wildman–Crippen MR) is 78.0 cm³/mol. The maximum absolute atomic E-state index is 5.11. The maximum Gasteiger partial charge on any atom is 0.318 e. The van der Waals surface area contributed by atoms with Crippen LogP contribution >= 0.6 is 15.9 Å². The Bertz CT molecular complexity index is 450. The van der Waals surface area contributed by atoms with Crippen LogP contribution < -0.4 is 15.0 Å². The third-order valence-electron chi connectivity index (χ3n) is 4.28. The zero-order valence-electron chi connectivity index (χ0n) is 11.1. The predicted octanol–water partition coefficient (Wildman–Crippen LogP) is 1.44. The van der Waals surface area contributed by atoms with E-state index in [1.54, 1.807) is 13.3 Å². The molecule has 1 aromatic rings. The summed E-state index contributed by atoms with van der Waals surface area (Å²) in [7, 11) is 1.60. The van der Waals surface area contributed by atoms with Gasteiger partial charge in [0.05, 0.1) is 7.11 Å². The zero-order chi connectivity index (χ0) is 13.3. The van der Waals surface area contributed by atoms with E-state index in [0.29, 0.717) is 16.3 Å². The molecule has 2 aliphatic heterocycles. The molecule has 1 atom stereocenters. The molecule has 6 heteroatoms. The summed E-state index contributed by atoms with van der Waals surface area (Å²) in [6.45, 7) is 4.29. The first-order chi connectivity index (χ1) is 9.23. The van der Waals surface area contributed by atoms with Crippen LogP contribution in [0.2, 0.25) is 0 Å². The van der Waals surface area contributed by atoms with E-state index in [1.807, 2.05) is 6.07 Å². The molecule has 0 aliphatic carbocycles. The molecule has 0 aromatic carbocycles. The van der Waals surface area contributed by atoms with Crippen molar-refractivity contribution in [2.45, 2.75) is 17.7 Å². The van der Waals surface area contributed by atoms with Gasteiger partial charge in [0.15, 0.2) is 0 Å². The van der Waals surface area contributed by atoms with E-state index in [0.717, 1.165) is 32.0 Å². The lowest BCUT2D eigenvalue weighted by atomic mass is 9.78. The number of methoxy groups -OCH3 is 1. The van der Waals surface area contributed by atoms with Gasteiger partial charge in [0.1, 0.15) is 5.82 Å². The highest BCUT2D eigenvalue weighted by atomic mass is 79.9. The third kappa shape index (κ3) is 2.43. The van der Waals surface area contributed by atoms with Gasteiger partial charge >= 0.3 is 6.01 Å². The molecule has 1 aromatic heterocycles. The second-order valence-electron chi connectivity index (χ2n) is 5.36. The van der Waals surface area contributed by atoms with E-state index < -0.39 is 0 Å². The summed E-state index contributed by atoms with van der Waals surface area (Å²) >= 11 is 3.89. The van der Waals surface area contributed by atoms with Crippen LogP contribution in [0.15, 0.2) is 12.3 Å². The van der Waals surface area contributed by atoms with Crippen LogP contribution in [0, 0.1) is 5.41 Å². The molecule has 1 N–H and O–H groups in total. The minimum atomic E-state index is 0.378. The molecule has 0 saturated carbocycles. The molecular formula is C13H19BrN4O. The molecule has 2 aliphatic rings. The van der Waals surface area contributed by atoms with Crippen molar-refractivity contribution in [1.82, 2.24) is 15.3 Å². The first-order valence-corrected chi connectivity index (χ1v) is 7.62. The number of hydrogen-bond donors (Lipinski definition) is 1. The molecule has 3 heterocycles. The molecule has 0 bridgehead atoms. The van der Waals surface area contributed by atoms with Crippen molar-refractivity contribution in [3.8, 4) is 6.01 Å². The number of ether oxygens (including phenoxy) is 1. The van der Waals surface area contributed by atoms with E-state index in [1.165, 1.54) is 12.8 Å². The zero-order valence-corrected chi connectivity index (χ0v) is 12.7. The maximum atomic E-state index is 5.11. The van der Waals surface area contributed by atoms with Crippen LogP contribution in [0.25, 0.3) is 0 Å². The number of hydrogen-bond acceptors (Lipinski definition) is 5. The van der Waals surface area contributed by atoms with Crippen molar-refractivity contribution in [2.75, 3.05) is 38.2 Å². The van der Waals surface area contributed by atoms with Crippen LogP contribution in [0.4, 0.5) is 5.82 Å². The van der Waals surface area contributed by atoms with Crippen molar-refractivity contribution in [2.24, 2.45) is 5.41 Å². The third-order valence-corrected chi connectivity index (χ3v) is 5.54. The Hall–Kier alpha value is -0.880. The Balaban J connectivity index is 1.80. The van der Waals surface area contributed by atoms with Crippen molar-refractivity contribution in [3.63, 3.8) is 0 Å². The molecule has 1 unspecified atom stereocenters. The summed E-state index contributed by atoms with van der Waals surface area (Å²) in [6, 6.07) is 2.40.